The van der Waals surface area contributed by atoms with Crippen molar-refractivity contribution in [3.05, 3.63) is 89.2 Å². The van der Waals surface area contributed by atoms with Crippen LogP contribution in [0.15, 0.2) is 67.0 Å². The third-order valence-electron chi connectivity index (χ3n) is 5.08. The molecule has 10 heteroatoms. The van der Waals surface area contributed by atoms with E-state index in [4.69, 9.17) is 0 Å². The fraction of sp³-hybridized carbons (Fsp3) is 0.0833. The number of aromatic carboxylic acids is 1. The lowest BCUT2D eigenvalue weighted by molar-refractivity contribution is -0.137. The van der Waals surface area contributed by atoms with Crippen LogP contribution in [0.4, 0.5) is 30.4 Å². The maximum atomic E-state index is 13.0. The van der Waals surface area contributed by atoms with Crippen molar-refractivity contribution in [2.24, 2.45) is 0 Å². The number of aromatic nitrogens is 2. The minimum Gasteiger partial charge on any atom is -0.478 e. The Labute approximate surface area is 191 Å². The normalized spacial score (nSPS) is 11.3. The Balaban J connectivity index is 1.60. The first-order valence-electron chi connectivity index (χ1n) is 9.96. The van der Waals surface area contributed by atoms with Crippen molar-refractivity contribution in [3.63, 3.8) is 0 Å². The number of nitrogens with zero attached hydrogens (tertiary/aromatic N) is 2. The third kappa shape index (κ3) is 4.80. The number of nitrogens with one attached hydrogen (secondary N) is 2. The van der Waals surface area contributed by atoms with Crippen LogP contribution in [0.25, 0.3) is 10.9 Å². The number of rotatable bonds is 5. The highest BCUT2D eigenvalue weighted by molar-refractivity contribution is 6.05. The Kier molecular flexibility index (Phi) is 5.89. The number of hydrogen-bond donors (Lipinski definition) is 3. The van der Waals surface area contributed by atoms with Crippen LogP contribution in [0, 0.1) is 6.92 Å². The van der Waals surface area contributed by atoms with Crippen molar-refractivity contribution in [2.45, 2.75) is 13.1 Å². The van der Waals surface area contributed by atoms with E-state index in [0.29, 0.717) is 28.1 Å². The highest BCUT2D eigenvalue weighted by Gasteiger charge is 2.30. The van der Waals surface area contributed by atoms with Crippen LogP contribution in [0.3, 0.4) is 0 Å². The van der Waals surface area contributed by atoms with Crippen molar-refractivity contribution < 1.29 is 27.9 Å². The standard InChI is InChI=1S/C24H17F3N4O3/c1-13-5-7-17(30-22(32)14-3-2-4-16(9-14)24(25,26)27)11-19(13)31-21-18-8-6-15(23(33)34)10-20(18)28-12-29-21/h2-12H,1H3,(H,30,32)(H,33,34)(H,28,29,31). The maximum Gasteiger partial charge on any atom is 0.416 e. The van der Waals surface area contributed by atoms with E-state index in [1.54, 1.807) is 24.3 Å². The van der Waals surface area contributed by atoms with Gasteiger partial charge in [-0.25, -0.2) is 14.8 Å². The summed E-state index contributed by atoms with van der Waals surface area (Å²) in [6, 6.07) is 13.6. The summed E-state index contributed by atoms with van der Waals surface area (Å²) in [7, 11) is 0. The van der Waals surface area contributed by atoms with Gasteiger partial charge in [0.2, 0.25) is 0 Å². The van der Waals surface area contributed by atoms with Gasteiger partial charge in [-0.2, -0.15) is 13.2 Å². The van der Waals surface area contributed by atoms with Gasteiger partial charge in [-0.05, 0) is 61.0 Å². The molecule has 0 aliphatic heterocycles. The van der Waals surface area contributed by atoms with E-state index >= 15 is 0 Å². The van der Waals surface area contributed by atoms with Gasteiger partial charge in [-0.15, -0.1) is 0 Å². The van der Waals surface area contributed by atoms with Gasteiger partial charge in [0.15, 0.2) is 0 Å². The molecule has 1 heterocycles. The SMILES string of the molecule is Cc1ccc(NC(=O)c2cccc(C(F)(F)F)c2)cc1Nc1ncnc2cc(C(=O)O)ccc12. The smallest absolute Gasteiger partial charge is 0.416 e. The lowest BCUT2D eigenvalue weighted by Gasteiger charge is -2.14. The number of halogens is 3. The first-order chi connectivity index (χ1) is 16.1. The Morgan fingerprint density at radius 3 is 2.47 bits per heavy atom. The van der Waals surface area contributed by atoms with Crippen LogP contribution in [-0.4, -0.2) is 27.0 Å². The molecule has 34 heavy (non-hydrogen) atoms. The summed E-state index contributed by atoms with van der Waals surface area (Å²) in [6.07, 6.45) is -3.26. The van der Waals surface area contributed by atoms with Crippen LogP contribution < -0.4 is 10.6 Å². The summed E-state index contributed by atoms with van der Waals surface area (Å²) in [5.74, 6) is -1.34. The minimum absolute atomic E-state index is 0.0904. The summed E-state index contributed by atoms with van der Waals surface area (Å²) >= 11 is 0. The molecule has 0 aliphatic rings. The van der Waals surface area contributed by atoms with Crippen LogP contribution >= 0.6 is 0 Å². The second kappa shape index (κ2) is 8.81. The van der Waals surface area contributed by atoms with E-state index in [1.807, 2.05) is 6.92 Å². The number of fused-ring (bicyclic) bond motifs is 1. The van der Waals surface area contributed by atoms with E-state index < -0.39 is 23.6 Å². The Hall–Kier alpha value is -4.47. The molecular weight excluding hydrogens is 449 g/mol. The second-order valence-electron chi connectivity index (χ2n) is 7.45. The monoisotopic (exact) mass is 466 g/mol. The molecule has 7 nitrogen and oxygen atoms in total. The van der Waals surface area contributed by atoms with Crippen molar-refractivity contribution >= 4 is 40.0 Å². The summed E-state index contributed by atoms with van der Waals surface area (Å²) in [4.78, 5) is 32.1. The molecular formula is C24H17F3N4O3. The number of hydrogen-bond acceptors (Lipinski definition) is 5. The molecule has 3 aromatic carbocycles. The number of alkyl halides is 3. The molecule has 0 unspecified atom stereocenters. The highest BCUT2D eigenvalue weighted by atomic mass is 19.4. The molecule has 1 amide bonds. The van der Waals surface area contributed by atoms with E-state index in [9.17, 15) is 27.9 Å². The zero-order chi connectivity index (χ0) is 24.5. The Morgan fingerprint density at radius 1 is 0.941 bits per heavy atom. The van der Waals surface area contributed by atoms with E-state index in [-0.39, 0.29) is 11.1 Å². The maximum absolute atomic E-state index is 13.0. The van der Waals surface area contributed by atoms with Crippen LogP contribution in [-0.2, 0) is 6.18 Å². The Bertz CT molecular complexity index is 1420. The van der Waals surface area contributed by atoms with Crippen molar-refractivity contribution in [1.29, 1.82) is 0 Å². The van der Waals surface area contributed by atoms with E-state index in [0.717, 1.165) is 17.7 Å². The summed E-state index contributed by atoms with van der Waals surface area (Å²) in [5, 5.41) is 15.5. The molecule has 0 radical (unpaired) electrons. The molecule has 0 saturated carbocycles. The van der Waals surface area contributed by atoms with E-state index in [1.165, 1.54) is 30.6 Å². The van der Waals surface area contributed by atoms with Crippen LogP contribution in [0.2, 0.25) is 0 Å². The van der Waals surface area contributed by atoms with Gasteiger partial charge in [0.25, 0.3) is 5.91 Å². The number of aryl methyl sites for hydroxylation is 1. The number of carbonyl (C=O) groups excluding carboxylic acids is 1. The molecule has 4 aromatic rings. The lowest BCUT2D eigenvalue weighted by atomic mass is 10.1. The van der Waals surface area contributed by atoms with Crippen molar-refractivity contribution in [3.8, 4) is 0 Å². The van der Waals surface area contributed by atoms with Crippen LogP contribution in [0.5, 0.6) is 0 Å². The van der Waals surface area contributed by atoms with Gasteiger partial charge in [0, 0.05) is 22.3 Å². The number of benzene rings is 3. The fourth-order valence-electron chi connectivity index (χ4n) is 3.29. The highest BCUT2D eigenvalue weighted by Crippen LogP contribution is 2.30. The molecule has 4 rings (SSSR count). The predicted octanol–water partition coefficient (Wildman–Crippen LogP) is 5.65. The molecule has 0 fully saturated rings. The Morgan fingerprint density at radius 2 is 1.74 bits per heavy atom. The topological polar surface area (TPSA) is 104 Å². The summed E-state index contributed by atoms with van der Waals surface area (Å²) in [6.45, 7) is 1.83. The average Bonchev–Trinajstić information content (AvgIpc) is 2.80. The van der Waals surface area contributed by atoms with Crippen molar-refractivity contribution in [2.75, 3.05) is 10.6 Å². The average molecular weight is 466 g/mol. The second-order valence-corrected chi connectivity index (χ2v) is 7.45. The predicted molar refractivity (Wildman–Crippen MR) is 120 cm³/mol. The minimum atomic E-state index is -4.55. The molecule has 0 aliphatic carbocycles. The van der Waals surface area contributed by atoms with Crippen molar-refractivity contribution in [1.82, 2.24) is 9.97 Å². The molecule has 0 bridgehead atoms. The van der Waals surface area contributed by atoms with Crippen LogP contribution in [0.1, 0.15) is 31.8 Å². The molecule has 0 saturated heterocycles. The molecule has 0 atom stereocenters. The van der Waals surface area contributed by atoms with E-state index in [2.05, 4.69) is 20.6 Å². The number of carboxylic acid groups (broad SMARTS) is 1. The number of amides is 1. The first-order valence-corrected chi connectivity index (χ1v) is 9.96. The summed E-state index contributed by atoms with van der Waals surface area (Å²) in [5.41, 5.74) is 1.25. The zero-order valence-electron chi connectivity index (χ0n) is 17.6. The van der Waals surface area contributed by atoms with Gasteiger partial charge in [-0.1, -0.05) is 12.1 Å². The van der Waals surface area contributed by atoms with Gasteiger partial charge in [-0.3, -0.25) is 4.79 Å². The quantitative estimate of drug-likeness (QED) is 0.351. The first kappa shape index (κ1) is 22.7. The molecule has 3 N–H and O–H groups in total. The van der Waals surface area contributed by atoms with Gasteiger partial charge in [0.05, 0.1) is 16.6 Å². The number of anilines is 3. The molecule has 0 spiro atoms. The summed E-state index contributed by atoms with van der Waals surface area (Å²) < 4.78 is 38.9. The van der Waals surface area contributed by atoms with Gasteiger partial charge < -0.3 is 15.7 Å². The third-order valence-corrected chi connectivity index (χ3v) is 5.08. The van der Waals surface area contributed by atoms with Gasteiger partial charge in [0.1, 0.15) is 12.1 Å². The number of carbonyl (C=O) groups is 2. The lowest BCUT2D eigenvalue weighted by Crippen LogP contribution is -2.14. The number of carboxylic acids is 1. The zero-order valence-corrected chi connectivity index (χ0v) is 17.6. The fourth-order valence-corrected chi connectivity index (χ4v) is 3.29. The largest absolute Gasteiger partial charge is 0.478 e. The molecule has 1 aromatic heterocycles. The van der Waals surface area contributed by atoms with Gasteiger partial charge >= 0.3 is 12.1 Å². The molecule has 172 valence electrons.